The number of hydrogen-bond acceptors (Lipinski definition) is 3. The number of nitrogens with one attached hydrogen (secondary N) is 2. The van der Waals surface area contributed by atoms with Crippen molar-refractivity contribution in [3.8, 4) is 0 Å². The number of urea groups is 1. The Labute approximate surface area is 143 Å². The molecule has 2 N–H and O–H groups in total. The molecule has 1 aromatic rings. The molecule has 136 valence electrons. The normalized spacial score (nSPS) is 22.8. The largest absolute Gasteiger partial charge is 0.337 e. The van der Waals surface area contributed by atoms with Crippen molar-refractivity contribution in [2.75, 3.05) is 13.1 Å². The van der Waals surface area contributed by atoms with E-state index < -0.39 is 6.17 Å². The first-order valence-electron chi connectivity index (χ1n) is 8.79. The van der Waals surface area contributed by atoms with E-state index in [0.29, 0.717) is 32.0 Å². The average molecular weight is 339 g/mol. The number of alkyl halides is 1. The van der Waals surface area contributed by atoms with Crippen molar-refractivity contribution < 1.29 is 9.18 Å². The Bertz CT molecular complexity index is 533. The standard InChI is InChI=1S/C17H30FN5O/c1-5-15(12(2)3)21-17(24)20-9-14-8-13(18)10-23(14)11-16-19-6-7-22(16)4/h6-7,12-15H,5,8-11H2,1-4H3,(H2,20,21,24)/t13-,14-,15?/m0/s1. The molecule has 0 bridgehead atoms. The highest BCUT2D eigenvalue weighted by Crippen LogP contribution is 2.21. The van der Waals surface area contributed by atoms with E-state index >= 15 is 0 Å². The van der Waals surface area contributed by atoms with Gasteiger partial charge < -0.3 is 15.2 Å². The molecule has 0 spiro atoms. The van der Waals surface area contributed by atoms with Crippen LogP contribution < -0.4 is 10.6 Å². The van der Waals surface area contributed by atoms with E-state index in [4.69, 9.17) is 0 Å². The number of imidazole rings is 1. The molecule has 24 heavy (non-hydrogen) atoms. The van der Waals surface area contributed by atoms with Crippen LogP contribution in [-0.2, 0) is 13.6 Å². The highest BCUT2D eigenvalue weighted by molar-refractivity contribution is 5.74. The molecule has 1 aliphatic heterocycles. The third-order valence-corrected chi connectivity index (χ3v) is 4.80. The van der Waals surface area contributed by atoms with Gasteiger partial charge in [0.25, 0.3) is 0 Å². The summed E-state index contributed by atoms with van der Waals surface area (Å²) in [7, 11) is 1.93. The zero-order chi connectivity index (χ0) is 17.7. The van der Waals surface area contributed by atoms with Crippen molar-refractivity contribution in [1.29, 1.82) is 0 Å². The van der Waals surface area contributed by atoms with E-state index in [2.05, 4.69) is 41.3 Å². The minimum Gasteiger partial charge on any atom is -0.337 e. The summed E-state index contributed by atoms with van der Waals surface area (Å²) in [4.78, 5) is 18.4. The number of aryl methyl sites for hydroxylation is 1. The van der Waals surface area contributed by atoms with Crippen LogP contribution in [0.2, 0.25) is 0 Å². The van der Waals surface area contributed by atoms with Gasteiger partial charge in [0.15, 0.2) is 0 Å². The topological polar surface area (TPSA) is 62.2 Å². The van der Waals surface area contributed by atoms with Crippen molar-refractivity contribution in [3.05, 3.63) is 18.2 Å². The first-order chi connectivity index (χ1) is 11.4. The predicted molar refractivity (Wildman–Crippen MR) is 92.4 cm³/mol. The fourth-order valence-corrected chi connectivity index (χ4v) is 3.23. The van der Waals surface area contributed by atoms with E-state index in [1.807, 2.05) is 17.8 Å². The van der Waals surface area contributed by atoms with Crippen molar-refractivity contribution in [2.45, 2.75) is 58.4 Å². The Morgan fingerprint density at radius 2 is 2.25 bits per heavy atom. The van der Waals surface area contributed by atoms with Crippen LogP contribution in [-0.4, -0.2) is 51.8 Å². The van der Waals surface area contributed by atoms with Gasteiger partial charge in [-0.15, -0.1) is 0 Å². The fourth-order valence-electron chi connectivity index (χ4n) is 3.23. The molecule has 0 radical (unpaired) electrons. The summed E-state index contributed by atoms with van der Waals surface area (Å²) in [5, 5.41) is 5.90. The number of rotatable bonds is 7. The molecule has 2 amide bonds. The van der Waals surface area contributed by atoms with Crippen LogP contribution in [0.3, 0.4) is 0 Å². The molecule has 6 nitrogen and oxygen atoms in total. The van der Waals surface area contributed by atoms with Crippen molar-refractivity contribution in [1.82, 2.24) is 25.1 Å². The summed E-state index contributed by atoms with van der Waals surface area (Å²) in [5.41, 5.74) is 0. The molecule has 3 atom stereocenters. The molecular formula is C17H30FN5O. The molecule has 0 saturated carbocycles. The van der Waals surface area contributed by atoms with Gasteiger partial charge in [0.1, 0.15) is 12.0 Å². The molecule has 0 aromatic carbocycles. The van der Waals surface area contributed by atoms with Gasteiger partial charge >= 0.3 is 6.03 Å². The van der Waals surface area contributed by atoms with Gasteiger partial charge in [-0.2, -0.15) is 0 Å². The Hall–Kier alpha value is -1.63. The Morgan fingerprint density at radius 1 is 1.50 bits per heavy atom. The van der Waals surface area contributed by atoms with E-state index in [1.165, 1.54) is 0 Å². The molecule has 1 fully saturated rings. The molecule has 1 unspecified atom stereocenters. The quantitative estimate of drug-likeness (QED) is 0.799. The van der Waals surface area contributed by atoms with Gasteiger partial charge in [0.05, 0.1) is 6.54 Å². The minimum absolute atomic E-state index is 0.00146. The molecule has 0 aliphatic carbocycles. The summed E-state index contributed by atoms with van der Waals surface area (Å²) < 4.78 is 15.8. The van der Waals surface area contributed by atoms with Gasteiger partial charge in [-0.05, 0) is 18.8 Å². The second-order valence-electron chi connectivity index (χ2n) is 6.98. The molecule has 1 saturated heterocycles. The molecule has 2 heterocycles. The Kier molecular flexibility index (Phi) is 6.60. The molecule has 1 aromatic heterocycles. The summed E-state index contributed by atoms with van der Waals surface area (Å²) in [6.07, 6.45) is 4.13. The van der Waals surface area contributed by atoms with E-state index in [-0.39, 0.29) is 18.1 Å². The van der Waals surface area contributed by atoms with Crippen molar-refractivity contribution in [3.63, 3.8) is 0 Å². The van der Waals surface area contributed by atoms with Gasteiger partial charge in [0.2, 0.25) is 0 Å². The van der Waals surface area contributed by atoms with Gasteiger partial charge in [-0.3, -0.25) is 4.90 Å². The average Bonchev–Trinajstić information content (AvgIpc) is 3.08. The fraction of sp³-hybridized carbons (Fsp3) is 0.765. The lowest BCUT2D eigenvalue weighted by molar-refractivity contribution is 0.211. The maximum absolute atomic E-state index is 13.9. The van der Waals surface area contributed by atoms with E-state index in [0.717, 1.165) is 12.2 Å². The Morgan fingerprint density at radius 3 is 2.83 bits per heavy atom. The van der Waals surface area contributed by atoms with Gasteiger partial charge in [0, 0.05) is 44.6 Å². The predicted octanol–water partition coefficient (Wildman–Crippen LogP) is 2.07. The SMILES string of the molecule is CCC(NC(=O)NC[C@@H]1C[C@H](F)CN1Cc1nccn1C)C(C)C. The number of hydrogen-bond donors (Lipinski definition) is 2. The van der Waals surface area contributed by atoms with Crippen LogP contribution in [0.15, 0.2) is 12.4 Å². The molecule has 1 aliphatic rings. The van der Waals surface area contributed by atoms with Crippen LogP contribution in [0, 0.1) is 5.92 Å². The monoisotopic (exact) mass is 339 g/mol. The number of halogens is 1. The lowest BCUT2D eigenvalue weighted by Gasteiger charge is -2.25. The zero-order valence-electron chi connectivity index (χ0n) is 15.1. The summed E-state index contributed by atoms with van der Waals surface area (Å²) in [6, 6.07) is -0.0115. The maximum Gasteiger partial charge on any atom is 0.315 e. The third kappa shape index (κ3) is 4.93. The second kappa shape index (κ2) is 8.46. The van der Waals surface area contributed by atoms with Crippen LogP contribution in [0.5, 0.6) is 0 Å². The van der Waals surface area contributed by atoms with Gasteiger partial charge in [-0.1, -0.05) is 20.8 Å². The number of aromatic nitrogens is 2. The number of nitrogens with zero attached hydrogens (tertiary/aromatic N) is 3. The van der Waals surface area contributed by atoms with Crippen molar-refractivity contribution in [2.24, 2.45) is 13.0 Å². The maximum atomic E-state index is 13.9. The first-order valence-corrected chi connectivity index (χ1v) is 8.79. The highest BCUT2D eigenvalue weighted by atomic mass is 19.1. The molecular weight excluding hydrogens is 309 g/mol. The highest BCUT2D eigenvalue weighted by Gasteiger charge is 2.33. The zero-order valence-corrected chi connectivity index (χ0v) is 15.1. The van der Waals surface area contributed by atoms with Crippen LogP contribution in [0.1, 0.15) is 39.4 Å². The number of amides is 2. The number of likely N-dealkylation sites (tertiary alicyclic amines) is 1. The smallest absolute Gasteiger partial charge is 0.315 e. The van der Waals surface area contributed by atoms with Crippen LogP contribution >= 0.6 is 0 Å². The van der Waals surface area contributed by atoms with Crippen LogP contribution in [0.25, 0.3) is 0 Å². The molecule has 2 rings (SSSR count). The first kappa shape index (κ1) is 18.7. The third-order valence-electron chi connectivity index (χ3n) is 4.80. The second-order valence-corrected chi connectivity index (χ2v) is 6.98. The number of carbonyl (C=O) groups excluding carboxylic acids is 1. The summed E-state index contributed by atoms with van der Waals surface area (Å²) in [5.74, 6) is 1.30. The summed E-state index contributed by atoms with van der Waals surface area (Å²) >= 11 is 0. The Balaban J connectivity index is 1.85. The van der Waals surface area contributed by atoms with E-state index in [1.54, 1.807) is 6.20 Å². The molecule has 7 heteroatoms. The number of carbonyl (C=O) groups is 1. The lowest BCUT2D eigenvalue weighted by Crippen LogP contribution is -2.48. The van der Waals surface area contributed by atoms with Crippen molar-refractivity contribution >= 4 is 6.03 Å². The van der Waals surface area contributed by atoms with Gasteiger partial charge in [-0.25, -0.2) is 14.2 Å². The summed E-state index contributed by atoms with van der Waals surface area (Å²) in [6.45, 7) is 7.68. The van der Waals surface area contributed by atoms with E-state index in [9.17, 15) is 9.18 Å². The lowest BCUT2D eigenvalue weighted by atomic mass is 10.0. The van der Waals surface area contributed by atoms with Crippen LogP contribution in [0.4, 0.5) is 9.18 Å². The minimum atomic E-state index is -0.848.